The lowest BCUT2D eigenvalue weighted by Crippen LogP contribution is -2.36. The van der Waals surface area contributed by atoms with Gasteiger partial charge in [0.2, 0.25) is 5.91 Å². The van der Waals surface area contributed by atoms with Gasteiger partial charge in [0.15, 0.2) is 0 Å². The minimum Gasteiger partial charge on any atom is -0.465 e. The number of nitrogens with one attached hydrogen (secondary N) is 2. The first-order valence-corrected chi connectivity index (χ1v) is 7.80. The van der Waals surface area contributed by atoms with Crippen LogP contribution < -0.4 is 10.6 Å². The normalized spacial score (nSPS) is 21.1. The zero-order chi connectivity index (χ0) is 15.6. The van der Waals surface area contributed by atoms with Gasteiger partial charge in [-0.05, 0) is 34.5 Å². The predicted octanol–water partition coefficient (Wildman–Crippen LogP) is 1.66. The molecule has 0 aliphatic carbocycles. The van der Waals surface area contributed by atoms with Gasteiger partial charge in [0.05, 0.1) is 30.5 Å². The Hall–Kier alpha value is -0.960. The summed E-state index contributed by atoms with van der Waals surface area (Å²) < 4.78 is 5.97. The molecule has 1 aliphatic heterocycles. The van der Waals surface area contributed by atoms with E-state index in [2.05, 4.69) is 42.5 Å². The number of anilines is 1. The number of aliphatic hydroxyl groups is 1. The molecule has 0 aromatic heterocycles. The van der Waals surface area contributed by atoms with Crippen LogP contribution in [0, 0.1) is 0 Å². The summed E-state index contributed by atoms with van der Waals surface area (Å²) in [5.74, 6) is -0.855. The molecule has 1 aromatic rings. The number of esters is 1. The molecule has 1 saturated heterocycles. The summed E-state index contributed by atoms with van der Waals surface area (Å²) in [5, 5.41) is 15.1. The summed E-state index contributed by atoms with van der Waals surface area (Å²) in [6, 6.07) is 2.81. The molecule has 8 heteroatoms. The van der Waals surface area contributed by atoms with Gasteiger partial charge in [0.1, 0.15) is 0 Å². The van der Waals surface area contributed by atoms with Crippen molar-refractivity contribution in [2.24, 2.45) is 0 Å². The molecule has 0 saturated carbocycles. The monoisotopic (exact) mass is 420 g/mol. The van der Waals surface area contributed by atoms with Crippen molar-refractivity contribution in [2.75, 3.05) is 19.0 Å². The fraction of sp³-hybridized carbons (Fsp3) is 0.385. The van der Waals surface area contributed by atoms with E-state index >= 15 is 0 Å². The third-order valence-electron chi connectivity index (χ3n) is 3.13. The highest BCUT2D eigenvalue weighted by Crippen LogP contribution is 2.31. The van der Waals surface area contributed by atoms with E-state index in [0.29, 0.717) is 27.6 Å². The summed E-state index contributed by atoms with van der Waals surface area (Å²) in [4.78, 5) is 24.0. The topological polar surface area (TPSA) is 87.7 Å². The molecule has 1 aliphatic rings. The van der Waals surface area contributed by atoms with Crippen molar-refractivity contribution in [3.8, 4) is 0 Å². The molecule has 21 heavy (non-hydrogen) atoms. The number of hydrogen-bond donors (Lipinski definition) is 3. The van der Waals surface area contributed by atoms with E-state index in [0.717, 1.165) is 0 Å². The first-order chi connectivity index (χ1) is 9.92. The number of methoxy groups -OCH3 is 1. The summed E-state index contributed by atoms with van der Waals surface area (Å²) in [6.07, 6.45) is -0.192. The van der Waals surface area contributed by atoms with Gasteiger partial charge >= 0.3 is 5.97 Å². The Morgan fingerprint density at radius 1 is 1.43 bits per heavy atom. The molecule has 1 aromatic carbocycles. The molecule has 0 bridgehead atoms. The highest BCUT2D eigenvalue weighted by atomic mass is 79.9. The maximum atomic E-state index is 12.2. The van der Waals surface area contributed by atoms with Crippen LogP contribution >= 0.6 is 31.9 Å². The maximum Gasteiger partial charge on any atom is 0.340 e. The highest BCUT2D eigenvalue weighted by molar-refractivity contribution is 9.11. The zero-order valence-electron chi connectivity index (χ0n) is 11.2. The zero-order valence-corrected chi connectivity index (χ0v) is 14.3. The van der Waals surface area contributed by atoms with Crippen LogP contribution in [-0.2, 0) is 9.53 Å². The van der Waals surface area contributed by atoms with Crippen LogP contribution in [0.15, 0.2) is 21.1 Å². The van der Waals surface area contributed by atoms with Crippen LogP contribution in [0.5, 0.6) is 0 Å². The van der Waals surface area contributed by atoms with E-state index in [9.17, 15) is 14.7 Å². The molecule has 6 nitrogen and oxygen atoms in total. The molecule has 0 spiro atoms. The van der Waals surface area contributed by atoms with Crippen LogP contribution in [0.2, 0.25) is 0 Å². The second-order valence-corrected chi connectivity index (χ2v) is 6.41. The fourth-order valence-corrected chi connectivity index (χ4v) is 3.42. The maximum absolute atomic E-state index is 12.2. The minimum absolute atomic E-state index is 0.241. The molecular weight excluding hydrogens is 408 g/mol. The SMILES string of the molecule is COC(=O)c1cc(Br)cc(Br)c1NC(=O)C1CC(O)CN1. The van der Waals surface area contributed by atoms with Crippen LogP contribution in [0.25, 0.3) is 0 Å². The van der Waals surface area contributed by atoms with E-state index in [1.807, 2.05) is 0 Å². The quantitative estimate of drug-likeness (QED) is 0.646. The number of hydrogen-bond acceptors (Lipinski definition) is 5. The van der Waals surface area contributed by atoms with Gasteiger partial charge in [0, 0.05) is 15.5 Å². The van der Waals surface area contributed by atoms with Crippen molar-refractivity contribution in [3.05, 3.63) is 26.6 Å². The number of aliphatic hydroxyl groups excluding tert-OH is 1. The first-order valence-electron chi connectivity index (χ1n) is 6.22. The van der Waals surface area contributed by atoms with E-state index in [1.165, 1.54) is 7.11 Å². The van der Waals surface area contributed by atoms with Crippen molar-refractivity contribution in [1.82, 2.24) is 5.32 Å². The summed E-state index contributed by atoms with van der Waals surface area (Å²) in [7, 11) is 1.28. The van der Waals surface area contributed by atoms with Crippen molar-refractivity contribution >= 4 is 49.4 Å². The predicted molar refractivity (Wildman–Crippen MR) is 84.2 cm³/mol. The summed E-state index contributed by atoms with van der Waals surface area (Å²) in [6.45, 7) is 0.378. The molecule has 2 unspecified atom stereocenters. The number of β-amino-alcohol motifs (C(OH)–C–C–N with tert-alkyl or cyclic N) is 1. The molecule has 1 heterocycles. The smallest absolute Gasteiger partial charge is 0.340 e. The Morgan fingerprint density at radius 2 is 2.14 bits per heavy atom. The van der Waals surface area contributed by atoms with Crippen LogP contribution in [0.1, 0.15) is 16.8 Å². The Balaban J connectivity index is 2.26. The average Bonchev–Trinajstić information content (AvgIpc) is 2.87. The van der Waals surface area contributed by atoms with Gasteiger partial charge in [0.25, 0.3) is 0 Å². The Kier molecular flexibility index (Phi) is 5.37. The van der Waals surface area contributed by atoms with Gasteiger partial charge in [-0.2, -0.15) is 0 Å². The second-order valence-electron chi connectivity index (χ2n) is 4.64. The van der Waals surface area contributed by atoms with Gasteiger partial charge in [-0.15, -0.1) is 0 Å². The fourth-order valence-electron chi connectivity index (χ4n) is 2.10. The van der Waals surface area contributed by atoms with Crippen molar-refractivity contribution < 1.29 is 19.4 Å². The number of carbonyl (C=O) groups excluding carboxylic acids is 2. The number of rotatable bonds is 3. The number of carbonyl (C=O) groups is 2. The Bertz CT molecular complexity index is 580. The minimum atomic E-state index is -0.549. The lowest BCUT2D eigenvalue weighted by Gasteiger charge is -2.15. The van der Waals surface area contributed by atoms with E-state index in [1.54, 1.807) is 12.1 Å². The molecule has 1 fully saturated rings. The summed E-state index contributed by atoms with van der Waals surface area (Å²) >= 11 is 6.61. The number of amides is 1. The molecule has 0 radical (unpaired) electrons. The van der Waals surface area contributed by atoms with Gasteiger partial charge < -0.3 is 20.5 Å². The Morgan fingerprint density at radius 3 is 2.71 bits per heavy atom. The number of halogens is 2. The third kappa shape index (κ3) is 3.82. The van der Waals surface area contributed by atoms with E-state index in [4.69, 9.17) is 4.74 Å². The number of benzene rings is 1. The van der Waals surface area contributed by atoms with Crippen LogP contribution in [-0.4, -0.2) is 42.8 Å². The van der Waals surface area contributed by atoms with Crippen LogP contribution in [0.4, 0.5) is 5.69 Å². The molecule has 114 valence electrons. The molecule has 2 atom stereocenters. The van der Waals surface area contributed by atoms with Gasteiger partial charge in [-0.1, -0.05) is 15.9 Å². The lowest BCUT2D eigenvalue weighted by atomic mass is 10.1. The van der Waals surface area contributed by atoms with Crippen molar-refractivity contribution in [3.63, 3.8) is 0 Å². The largest absolute Gasteiger partial charge is 0.465 e. The average molecular weight is 422 g/mol. The first kappa shape index (κ1) is 16.4. The second kappa shape index (κ2) is 6.87. The van der Waals surface area contributed by atoms with Gasteiger partial charge in [-0.25, -0.2) is 4.79 Å². The molecule has 3 N–H and O–H groups in total. The Labute approximate surface area is 138 Å². The van der Waals surface area contributed by atoms with Crippen LogP contribution in [0.3, 0.4) is 0 Å². The standard InChI is InChI=1S/C13H14Br2N2O4/c1-21-13(20)8-2-6(14)3-9(15)11(8)17-12(19)10-4-7(18)5-16-10/h2-3,7,10,16,18H,4-5H2,1H3,(H,17,19). The number of ether oxygens (including phenoxy) is 1. The summed E-state index contributed by atoms with van der Waals surface area (Å²) in [5.41, 5.74) is 0.587. The van der Waals surface area contributed by atoms with Crippen molar-refractivity contribution in [1.29, 1.82) is 0 Å². The van der Waals surface area contributed by atoms with Crippen molar-refractivity contribution in [2.45, 2.75) is 18.6 Å². The van der Waals surface area contributed by atoms with E-state index < -0.39 is 18.1 Å². The van der Waals surface area contributed by atoms with Gasteiger partial charge in [-0.3, -0.25) is 4.79 Å². The molecule has 2 rings (SSSR count). The molecular formula is C13H14Br2N2O4. The highest BCUT2D eigenvalue weighted by Gasteiger charge is 2.29. The molecule has 1 amide bonds. The van der Waals surface area contributed by atoms with E-state index in [-0.39, 0.29) is 11.5 Å². The third-order valence-corrected chi connectivity index (χ3v) is 4.22. The lowest BCUT2D eigenvalue weighted by molar-refractivity contribution is -0.117.